The number of carbonyl (C=O) groups excluding carboxylic acids is 3. The minimum atomic E-state index is -0.762. The molecule has 3 aromatic rings. The molecule has 2 amide bonds. The molecule has 0 saturated heterocycles. The van der Waals surface area contributed by atoms with E-state index in [0.29, 0.717) is 0 Å². The summed E-state index contributed by atoms with van der Waals surface area (Å²) in [6.45, 7) is -0.897. The van der Waals surface area contributed by atoms with Crippen LogP contribution in [0.25, 0.3) is 0 Å². The number of halogens is 1. The zero-order valence-electron chi connectivity index (χ0n) is 16.6. The summed E-state index contributed by atoms with van der Waals surface area (Å²) >= 11 is 0. The third-order valence-corrected chi connectivity index (χ3v) is 4.44. The number of nitrogens with one attached hydrogen (secondary N) is 2. The molecule has 0 fully saturated rings. The van der Waals surface area contributed by atoms with E-state index in [9.17, 15) is 18.8 Å². The van der Waals surface area contributed by atoms with Gasteiger partial charge in [0.1, 0.15) is 12.4 Å². The van der Waals surface area contributed by atoms with Crippen LogP contribution in [0.1, 0.15) is 27.5 Å². The van der Waals surface area contributed by atoms with E-state index in [1.54, 1.807) is 0 Å². The van der Waals surface area contributed by atoms with Crippen LogP contribution in [0.15, 0.2) is 84.9 Å². The smallest absolute Gasteiger partial charge is 0.325 e. The van der Waals surface area contributed by atoms with Crippen molar-refractivity contribution < 1.29 is 23.5 Å². The molecule has 0 spiro atoms. The van der Waals surface area contributed by atoms with E-state index in [2.05, 4.69) is 10.6 Å². The van der Waals surface area contributed by atoms with Crippen LogP contribution in [-0.2, 0) is 14.3 Å². The van der Waals surface area contributed by atoms with E-state index in [0.717, 1.165) is 23.3 Å². The van der Waals surface area contributed by atoms with Crippen LogP contribution in [0.5, 0.6) is 0 Å². The molecule has 3 aromatic carbocycles. The molecule has 0 aliphatic heterocycles. The Bertz CT molecular complexity index is 985. The zero-order valence-corrected chi connectivity index (χ0v) is 16.6. The lowest BCUT2D eigenvalue weighted by atomic mass is 9.99. The number of carbonyl (C=O) groups is 3. The highest BCUT2D eigenvalue weighted by atomic mass is 19.1. The first-order valence-corrected chi connectivity index (χ1v) is 9.61. The summed E-state index contributed by atoms with van der Waals surface area (Å²) in [5.41, 5.74) is 1.99. The Balaban J connectivity index is 1.51. The highest BCUT2D eigenvalue weighted by molar-refractivity contribution is 5.96. The van der Waals surface area contributed by atoms with Gasteiger partial charge in [0.2, 0.25) is 0 Å². The Hall–Kier alpha value is -4.00. The largest absolute Gasteiger partial charge is 0.454 e. The Morgan fingerprint density at radius 1 is 0.806 bits per heavy atom. The van der Waals surface area contributed by atoms with Crippen LogP contribution in [0.2, 0.25) is 0 Å². The molecule has 0 heterocycles. The van der Waals surface area contributed by atoms with Crippen LogP contribution in [0, 0.1) is 5.82 Å². The fraction of sp³-hybridized carbons (Fsp3) is 0.125. The monoisotopic (exact) mass is 420 g/mol. The normalized spacial score (nSPS) is 10.4. The SMILES string of the molecule is O=C(COC(=O)CNC(=O)c1ccc(F)cc1)NC(c1ccccc1)c1ccccc1. The van der Waals surface area contributed by atoms with Gasteiger partial charge in [-0.1, -0.05) is 60.7 Å². The second-order valence-electron chi connectivity index (χ2n) is 6.67. The van der Waals surface area contributed by atoms with Gasteiger partial charge in [0, 0.05) is 5.56 Å². The van der Waals surface area contributed by atoms with Crippen molar-refractivity contribution >= 4 is 17.8 Å². The number of esters is 1. The Labute approximate surface area is 179 Å². The number of hydrogen-bond donors (Lipinski definition) is 2. The molecule has 158 valence electrons. The van der Waals surface area contributed by atoms with Crippen molar-refractivity contribution in [1.29, 1.82) is 0 Å². The van der Waals surface area contributed by atoms with E-state index in [1.807, 2.05) is 60.7 Å². The fourth-order valence-electron chi connectivity index (χ4n) is 2.91. The molecular formula is C24H21FN2O4. The van der Waals surface area contributed by atoms with Crippen molar-refractivity contribution in [1.82, 2.24) is 10.6 Å². The highest BCUT2D eigenvalue weighted by Gasteiger charge is 2.18. The summed E-state index contributed by atoms with van der Waals surface area (Å²) in [6.07, 6.45) is 0. The number of hydrogen-bond acceptors (Lipinski definition) is 4. The van der Waals surface area contributed by atoms with Crippen LogP contribution in [0.4, 0.5) is 4.39 Å². The maximum Gasteiger partial charge on any atom is 0.325 e. The van der Waals surface area contributed by atoms with Gasteiger partial charge in [-0.05, 0) is 35.4 Å². The molecule has 0 aliphatic carbocycles. The number of ether oxygens (including phenoxy) is 1. The predicted octanol–water partition coefficient (Wildman–Crippen LogP) is 3.00. The average molecular weight is 420 g/mol. The third-order valence-electron chi connectivity index (χ3n) is 4.44. The van der Waals surface area contributed by atoms with E-state index >= 15 is 0 Å². The molecule has 0 bridgehead atoms. The second-order valence-corrected chi connectivity index (χ2v) is 6.67. The Kier molecular flexibility index (Phi) is 7.48. The lowest BCUT2D eigenvalue weighted by Gasteiger charge is -2.20. The van der Waals surface area contributed by atoms with Crippen molar-refractivity contribution in [2.75, 3.05) is 13.2 Å². The van der Waals surface area contributed by atoms with Gasteiger partial charge in [-0.3, -0.25) is 14.4 Å². The quantitative estimate of drug-likeness (QED) is 0.549. The van der Waals surface area contributed by atoms with Crippen LogP contribution in [0.3, 0.4) is 0 Å². The second kappa shape index (κ2) is 10.7. The van der Waals surface area contributed by atoms with Gasteiger partial charge in [0.05, 0.1) is 6.04 Å². The van der Waals surface area contributed by atoms with E-state index in [1.165, 1.54) is 12.1 Å². The van der Waals surface area contributed by atoms with Crippen molar-refractivity contribution in [3.05, 3.63) is 107 Å². The topological polar surface area (TPSA) is 84.5 Å². The van der Waals surface area contributed by atoms with Gasteiger partial charge < -0.3 is 15.4 Å². The molecule has 0 aliphatic rings. The van der Waals surface area contributed by atoms with Crippen molar-refractivity contribution in [3.8, 4) is 0 Å². The molecule has 7 heteroatoms. The summed E-state index contributed by atoms with van der Waals surface area (Å²) in [7, 11) is 0. The lowest BCUT2D eigenvalue weighted by molar-refractivity contribution is -0.147. The molecule has 31 heavy (non-hydrogen) atoms. The molecule has 0 unspecified atom stereocenters. The van der Waals surface area contributed by atoms with Gasteiger partial charge in [-0.25, -0.2) is 4.39 Å². The molecule has 0 atom stereocenters. The average Bonchev–Trinajstić information content (AvgIpc) is 2.81. The van der Waals surface area contributed by atoms with E-state index in [-0.39, 0.29) is 5.56 Å². The summed E-state index contributed by atoms with van der Waals surface area (Å²) in [5.74, 6) is -2.25. The van der Waals surface area contributed by atoms with Crippen molar-refractivity contribution in [2.24, 2.45) is 0 Å². The molecule has 0 saturated carbocycles. The summed E-state index contributed by atoms with van der Waals surface area (Å²) < 4.78 is 17.9. The first-order chi connectivity index (χ1) is 15.0. The van der Waals surface area contributed by atoms with Crippen molar-refractivity contribution in [2.45, 2.75) is 6.04 Å². The van der Waals surface area contributed by atoms with Crippen LogP contribution >= 0.6 is 0 Å². The maximum atomic E-state index is 12.9. The van der Waals surface area contributed by atoms with E-state index < -0.39 is 42.8 Å². The van der Waals surface area contributed by atoms with Gasteiger partial charge in [-0.2, -0.15) is 0 Å². The van der Waals surface area contributed by atoms with Gasteiger partial charge in [-0.15, -0.1) is 0 Å². The van der Waals surface area contributed by atoms with Gasteiger partial charge in [0.25, 0.3) is 11.8 Å². The van der Waals surface area contributed by atoms with E-state index in [4.69, 9.17) is 4.74 Å². The standard InChI is InChI=1S/C24H21FN2O4/c25-20-13-11-19(12-14-20)24(30)26-15-22(29)31-16-21(28)27-23(17-7-3-1-4-8-17)18-9-5-2-6-10-18/h1-14,23H,15-16H2,(H,26,30)(H,27,28). The van der Waals surface area contributed by atoms with Crippen molar-refractivity contribution in [3.63, 3.8) is 0 Å². The fourth-order valence-corrected chi connectivity index (χ4v) is 2.91. The lowest BCUT2D eigenvalue weighted by Crippen LogP contribution is -2.35. The molecule has 6 nitrogen and oxygen atoms in total. The summed E-state index contributed by atoms with van der Waals surface area (Å²) in [5, 5.41) is 5.23. The minimum absolute atomic E-state index is 0.209. The minimum Gasteiger partial charge on any atom is -0.454 e. The molecule has 2 N–H and O–H groups in total. The first-order valence-electron chi connectivity index (χ1n) is 9.61. The number of amides is 2. The van der Waals surface area contributed by atoms with Crippen LogP contribution in [-0.4, -0.2) is 30.9 Å². The summed E-state index contributed by atoms with van der Waals surface area (Å²) in [6, 6.07) is 23.4. The zero-order chi connectivity index (χ0) is 22.1. The summed E-state index contributed by atoms with van der Waals surface area (Å²) in [4.78, 5) is 36.2. The third kappa shape index (κ3) is 6.50. The number of benzene rings is 3. The maximum absolute atomic E-state index is 12.9. The molecule has 0 radical (unpaired) electrons. The van der Waals surface area contributed by atoms with Crippen LogP contribution < -0.4 is 10.6 Å². The van der Waals surface area contributed by atoms with Gasteiger partial charge in [0.15, 0.2) is 6.61 Å². The Morgan fingerprint density at radius 2 is 1.35 bits per heavy atom. The first kappa shape index (κ1) is 21.7. The predicted molar refractivity (Wildman–Crippen MR) is 113 cm³/mol. The number of rotatable bonds is 8. The molecular weight excluding hydrogens is 399 g/mol. The molecule has 3 rings (SSSR count). The Morgan fingerprint density at radius 3 is 1.90 bits per heavy atom. The van der Waals surface area contributed by atoms with Gasteiger partial charge >= 0.3 is 5.97 Å². The molecule has 0 aromatic heterocycles. The highest BCUT2D eigenvalue weighted by Crippen LogP contribution is 2.21.